The van der Waals surface area contributed by atoms with Gasteiger partial charge in [-0.25, -0.2) is 0 Å². The van der Waals surface area contributed by atoms with Gasteiger partial charge >= 0.3 is 0 Å². The van der Waals surface area contributed by atoms with E-state index in [1.807, 2.05) is 0 Å². The average Bonchev–Trinajstić information content (AvgIpc) is 1.77. The zero-order valence-electron chi connectivity index (χ0n) is 9.64. The summed E-state index contributed by atoms with van der Waals surface area (Å²) in [4.78, 5) is 11.3. The first-order valence-corrected chi connectivity index (χ1v) is 5.21. The van der Waals surface area contributed by atoms with Gasteiger partial charge in [-0.1, -0.05) is 41.5 Å². The van der Waals surface area contributed by atoms with E-state index >= 15 is 0 Å². The molecule has 1 atom stereocenters. The molecule has 0 aliphatic heterocycles. The second-order valence-electron chi connectivity index (χ2n) is 6.02. The van der Waals surface area contributed by atoms with Gasteiger partial charge in [0, 0.05) is 5.92 Å². The summed E-state index contributed by atoms with van der Waals surface area (Å²) in [6.07, 6.45) is 0.902. The van der Waals surface area contributed by atoms with E-state index in [1.54, 1.807) is 0 Å². The van der Waals surface area contributed by atoms with Crippen LogP contribution in [0.1, 0.15) is 48.0 Å². The first kappa shape index (κ1) is 13.0. The molecule has 0 amide bonds. The third-order valence-corrected chi connectivity index (χ3v) is 2.47. The fraction of sp³-hybridized carbons (Fsp3) is 0.909. The second-order valence-corrected chi connectivity index (χ2v) is 6.46. The number of carbonyl (C=O) groups is 1. The summed E-state index contributed by atoms with van der Waals surface area (Å²) >= 11 is 3.96. The monoisotopic (exact) mass is 202 g/mol. The molecule has 0 aromatic carbocycles. The molecule has 1 nitrogen and oxygen atoms in total. The fourth-order valence-corrected chi connectivity index (χ4v) is 1.85. The minimum atomic E-state index is 0.0161. The van der Waals surface area contributed by atoms with Crippen LogP contribution in [0.5, 0.6) is 0 Å². The smallest absolute Gasteiger partial charge is 0.189 e. The summed E-state index contributed by atoms with van der Waals surface area (Å²) in [7, 11) is 0. The van der Waals surface area contributed by atoms with Crippen LogP contribution < -0.4 is 0 Å². The van der Waals surface area contributed by atoms with Gasteiger partial charge in [0.15, 0.2) is 5.12 Å². The van der Waals surface area contributed by atoms with Crippen LogP contribution in [0, 0.1) is 16.7 Å². The molecular weight excluding hydrogens is 180 g/mol. The Morgan fingerprint density at radius 2 is 1.54 bits per heavy atom. The van der Waals surface area contributed by atoms with Gasteiger partial charge in [0.25, 0.3) is 0 Å². The van der Waals surface area contributed by atoms with Gasteiger partial charge in [0.1, 0.15) is 0 Å². The van der Waals surface area contributed by atoms with E-state index in [9.17, 15) is 4.79 Å². The van der Waals surface area contributed by atoms with E-state index in [0.29, 0.717) is 0 Å². The fourth-order valence-electron chi connectivity index (χ4n) is 1.38. The Bertz CT molecular complexity index is 183. The molecular formula is C11H22OS. The zero-order valence-corrected chi connectivity index (χ0v) is 10.5. The predicted molar refractivity (Wildman–Crippen MR) is 61.0 cm³/mol. The SMILES string of the molecule is CC(C)(C)CC(C(=O)S)C(C)(C)C. The maximum Gasteiger partial charge on any atom is 0.189 e. The van der Waals surface area contributed by atoms with Crippen molar-refractivity contribution in [3.63, 3.8) is 0 Å². The van der Waals surface area contributed by atoms with Gasteiger partial charge in [-0.05, 0) is 17.3 Å². The van der Waals surface area contributed by atoms with E-state index < -0.39 is 0 Å². The van der Waals surface area contributed by atoms with E-state index in [4.69, 9.17) is 0 Å². The zero-order chi connectivity index (χ0) is 10.9. The molecule has 0 saturated carbocycles. The quantitative estimate of drug-likeness (QED) is 0.678. The van der Waals surface area contributed by atoms with Crippen molar-refractivity contribution in [1.29, 1.82) is 0 Å². The molecule has 0 N–H and O–H groups in total. The largest absolute Gasteiger partial charge is 0.287 e. The van der Waals surface area contributed by atoms with Crippen molar-refractivity contribution in [2.45, 2.75) is 48.0 Å². The maximum absolute atomic E-state index is 11.3. The topological polar surface area (TPSA) is 17.1 Å². The van der Waals surface area contributed by atoms with Crippen LogP contribution in [0.15, 0.2) is 0 Å². The van der Waals surface area contributed by atoms with Gasteiger partial charge in [-0.3, -0.25) is 4.79 Å². The minimum absolute atomic E-state index is 0.0161. The Kier molecular flexibility index (Phi) is 4.04. The summed E-state index contributed by atoms with van der Waals surface area (Å²) in [5.41, 5.74) is 0.211. The van der Waals surface area contributed by atoms with E-state index in [2.05, 4.69) is 54.2 Å². The molecule has 0 bridgehead atoms. The molecule has 0 saturated heterocycles. The van der Waals surface area contributed by atoms with Gasteiger partial charge in [0.05, 0.1) is 0 Å². The highest BCUT2D eigenvalue weighted by atomic mass is 32.1. The molecule has 0 spiro atoms. The van der Waals surface area contributed by atoms with Crippen LogP contribution in [0.25, 0.3) is 0 Å². The summed E-state index contributed by atoms with van der Waals surface area (Å²) < 4.78 is 0. The van der Waals surface area contributed by atoms with Crippen LogP contribution in [0.4, 0.5) is 0 Å². The van der Waals surface area contributed by atoms with Crippen molar-refractivity contribution < 1.29 is 4.79 Å². The minimum Gasteiger partial charge on any atom is -0.287 e. The summed E-state index contributed by atoms with van der Waals surface area (Å²) in [5, 5.41) is 0.0161. The van der Waals surface area contributed by atoms with Crippen molar-refractivity contribution in [2.75, 3.05) is 0 Å². The molecule has 1 unspecified atom stereocenters. The van der Waals surface area contributed by atoms with Crippen LogP contribution in [-0.2, 0) is 4.79 Å². The molecule has 0 aliphatic rings. The Morgan fingerprint density at radius 3 is 1.62 bits per heavy atom. The summed E-state index contributed by atoms with van der Waals surface area (Å²) in [5.74, 6) is 0.0517. The van der Waals surface area contributed by atoms with Gasteiger partial charge in [-0.15, -0.1) is 12.6 Å². The number of hydrogen-bond acceptors (Lipinski definition) is 1. The van der Waals surface area contributed by atoms with Crippen molar-refractivity contribution in [2.24, 2.45) is 16.7 Å². The number of carbonyl (C=O) groups excluding carboxylic acids is 1. The lowest BCUT2D eigenvalue weighted by Gasteiger charge is -2.33. The molecule has 0 rings (SSSR count). The van der Waals surface area contributed by atoms with Crippen LogP contribution >= 0.6 is 12.6 Å². The number of hydrogen-bond donors (Lipinski definition) is 1. The molecule has 0 aromatic rings. The molecule has 2 heteroatoms. The van der Waals surface area contributed by atoms with Gasteiger partial charge in [0.2, 0.25) is 0 Å². The normalized spacial score (nSPS) is 15.6. The standard InChI is InChI=1S/C11H22OS/c1-10(2,3)7-8(9(12)13)11(4,5)6/h8H,7H2,1-6H3,(H,12,13). The highest BCUT2D eigenvalue weighted by Crippen LogP contribution is 2.37. The Hall–Kier alpha value is 0.0200. The third kappa shape index (κ3) is 5.35. The van der Waals surface area contributed by atoms with Gasteiger partial charge < -0.3 is 0 Å². The van der Waals surface area contributed by atoms with Crippen molar-refractivity contribution >= 4 is 17.7 Å². The first-order chi connectivity index (χ1) is 5.54. The molecule has 0 aromatic heterocycles. The van der Waals surface area contributed by atoms with Gasteiger partial charge in [-0.2, -0.15) is 0 Å². The highest BCUT2D eigenvalue weighted by molar-refractivity contribution is 7.96. The summed E-state index contributed by atoms with van der Waals surface area (Å²) in [6.45, 7) is 12.7. The van der Waals surface area contributed by atoms with Crippen molar-refractivity contribution in [3.05, 3.63) is 0 Å². The maximum atomic E-state index is 11.3. The number of thiol groups is 1. The van der Waals surface area contributed by atoms with Crippen molar-refractivity contribution in [1.82, 2.24) is 0 Å². The Balaban J connectivity index is 4.56. The average molecular weight is 202 g/mol. The Labute approximate surface area is 87.7 Å². The molecule has 78 valence electrons. The van der Waals surface area contributed by atoms with E-state index in [0.717, 1.165) is 6.42 Å². The molecule has 0 heterocycles. The lowest BCUT2D eigenvalue weighted by Crippen LogP contribution is -2.29. The summed E-state index contributed by atoms with van der Waals surface area (Å²) in [6, 6.07) is 0. The lowest BCUT2D eigenvalue weighted by atomic mass is 9.73. The molecule has 0 radical (unpaired) electrons. The van der Waals surface area contributed by atoms with Crippen LogP contribution in [0.3, 0.4) is 0 Å². The lowest BCUT2D eigenvalue weighted by molar-refractivity contribution is -0.118. The second kappa shape index (κ2) is 4.04. The molecule has 13 heavy (non-hydrogen) atoms. The van der Waals surface area contributed by atoms with E-state index in [-0.39, 0.29) is 21.9 Å². The molecule has 0 aliphatic carbocycles. The van der Waals surface area contributed by atoms with Crippen LogP contribution in [0.2, 0.25) is 0 Å². The van der Waals surface area contributed by atoms with Crippen molar-refractivity contribution in [3.8, 4) is 0 Å². The highest BCUT2D eigenvalue weighted by Gasteiger charge is 2.32. The van der Waals surface area contributed by atoms with E-state index in [1.165, 1.54) is 0 Å². The Morgan fingerprint density at radius 1 is 1.15 bits per heavy atom. The van der Waals surface area contributed by atoms with Crippen LogP contribution in [-0.4, -0.2) is 5.12 Å². The predicted octanol–water partition coefficient (Wildman–Crippen LogP) is 3.54. The first-order valence-electron chi connectivity index (χ1n) is 4.77. The number of rotatable bonds is 2. The molecule has 0 fully saturated rings. The third-order valence-electron chi connectivity index (χ3n) is 2.16.